The minimum atomic E-state index is -4.57. The largest absolute Gasteiger partial charge is 0.417 e. The summed E-state index contributed by atoms with van der Waals surface area (Å²) < 4.78 is 38.3. The van der Waals surface area contributed by atoms with Crippen molar-refractivity contribution in [2.24, 2.45) is 10.9 Å². The van der Waals surface area contributed by atoms with E-state index in [0.29, 0.717) is 0 Å². The third-order valence-corrected chi connectivity index (χ3v) is 3.36. The molecule has 5 nitrogen and oxygen atoms in total. The van der Waals surface area contributed by atoms with Crippen molar-refractivity contribution in [2.75, 3.05) is 13.1 Å². The first-order chi connectivity index (χ1) is 9.70. The van der Waals surface area contributed by atoms with Gasteiger partial charge in [-0.05, 0) is 25.1 Å². The van der Waals surface area contributed by atoms with Gasteiger partial charge in [0.2, 0.25) is 0 Å². The van der Waals surface area contributed by atoms with Crippen LogP contribution in [0.15, 0.2) is 27.8 Å². The van der Waals surface area contributed by atoms with E-state index in [0.717, 1.165) is 12.1 Å². The maximum Gasteiger partial charge on any atom is 0.417 e. The minimum Gasteiger partial charge on any atom is -0.409 e. The Morgan fingerprint density at radius 2 is 2.10 bits per heavy atom. The van der Waals surface area contributed by atoms with Crippen LogP contribution >= 0.6 is 15.9 Å². The Hall–Kier alpha value is -1.77. The topological polar surface area (TPSA) is 78.9 Å². The van der Waals surface area contributed by atoms with Crippen LogP contribution in [0.25, 0.3) is 0 Å². The van der Waals surface area contributed by atoms with Crippen molar-refractivity contribution in [1.29, 1.82) is 0 Å². The minimum absolute atomic E-state index is 0.127. The Balaban J connectivity index is 3.12. The fourth-order valence-corrected chi connectivity index (χ4v) is 2.08. The number of rotatable bonds is 4. The first-order valence-electron chi connectivity index (χ1n) is 5.83. The predicted molar refractivity (Wildman–Crippen MR) is 74.1 cm³/mol. The molecule has 1 rings (SSSR count). The molecule has 21 heavy (non-hydrogen) atoms. The molecule has 9 heteroatoms. The number of nitrogens with zero attached hydrogens (tertiary/aromatic N) is 2. The Morgan fingerprint density at radius 1 is 1.48 bits per heavy atom. The highest BCUT2D eigenvalue weighted by Gasteiger charge is 2.34. The van der Waals surface area contributed by atoms with Gasteiger partial charge in [-0.1, -0.05) is 21.1 Å². The number of hydrogen-bond acceptors (Lipinski definition) is 3. The molecule has 0 saturated carbocycles. The molecule has 0 atom stereocenters. The van der Waals surface area contributed by atoms with Crippen LogP contribution in [0.3, 0.4) is 0 Å². The number of nitrogens with two attached hydrogens (primary N) is 1. The third kappa shape index (κ3) is 4.35. The number of halogens is 4. The van der Waals surface area contributed by atoms with Crippen molar-refractivity contribution < 1.29 is 23.2 Å². The van der Waals surface area contributed by atoms with Gasteiger partial charge in [-0.3, -0.25) is 4.79 Å². The van der Waals surface area contributed by atoms with E-state index in [2.05, 4.69) is 21.1 Å². The van der Waals surface area contributed by atoms with Crippen LogP contribution in [-0.2, 0) is 6.18 Å². The molecule has 0 heterocycles. The molecule has 0 saturated heterocycles. The van der Waals surface area contributed by atoms with Crippen LogP contribution < -0.4 is 5.73 Å². The summed E-state index contributed by atoms with van der Waals surface area (Å²) in [6, 6.07) is 3.20. The van der Waals surface area contributed by atoms with Crippen LogP contribution in [-0.4, -0.2) is 34.9 Å². The average molecular weight is 368 g/mol. The summed E-state index contributed by atoms with van der Waals surface area (Å²) in [4.78, 5) is 13.3. The smallest absolute Gasteiger partial charge is 0.409 e. The van der Waals surface area contributed by atoms with Gasteiger partial charge in [-0.2, -0.15) is 13.2 Å². The molecular formula is C12H13BrF3N3O2. The lowest BCUT2D eigenvalue weighted by Gasteiger charge is -2.20. The lowest BCUT2D eigenvalue weighted by molar-refractivity contribution is -0.138. The Morgan fingerprint density at radius 3 is 2.57 bits per heavy atom. The van der Waals surface area contributed by atoms with E-state index < -0.39 is 17.6 Å². The van der Waals surface area contributed by atoms with Gasteiger partial charge < -0.3 is 15.8 Å². The van der Waals surface area contributed by atoms with Crippen LogP contribution in [0.5, 0.6) is 0 Å². The second-order valence-electron chi connectivity index (χ2n) is 4.10. The maximum atomic E-state index is 12.8. The number of benzene rings is 1. The highest BCUT2D eigenvalue weighted by Crippen LogP contribution is 2.35. The number of amides is 1. The Labute approximate surface area is 127 Å². The summed E-state index contributed by atoms with van der Waals surface area (Å²) >= 11 is 2.80. The number of likely N-dealkylation sites (N-methyl/N-ethyl adjacent to an activating group) is 1. The normalized spacial score (nSPS) is 12.3. The molecule has 1 aromatic carbocycles. The fraction of sp³-hybridized carbons (Fsp3) is 0.333. The van der Waals surface area contributed by atoms with Crippen molar-refractivity contribution in [3.05, 3.63) is 33.8 Å². The Bertz CT molecular complexity index is 561. The number of oxime groups is 1. The molecule has 1 aromatic rings. The summed E-state index contributed by atoms with van der Waals surface area (Å²) in [6.45, 7) is 1.65. The number of carbonyl (C=O) groups is 1. The summed E-state index contributed by atoms with van der Waals surface area (Å²) in [5.41, 5.74) is 4.24. The first-order valence-corrected chi connectivity index (χ1v) is 6.62. The van der Waals surface area contributed by atoms with Gasteiger partial charge in [-0.15, -0.1) is 0 Å². The van der Waals surface area contributed by atoms with E-state index in [1.165, 1.54) is 11.0 Å². The van der Waals surface area contributed by atoms with Crippen LogP contribution in [0.1, 0.15) is 22.8 Å². The monoisotopic (exact) mass is 367 g/mol. The molecule has 0 fully saturated rings. The van der Waals surface area contributed by atoms with E-state index in [-0.39, 0.29) is 29.0 Å². The molecule has 0 radical (unpaired) electrons. The number of amidine groups is 1. The average Bonchev–Trinajstić information content (AvgIpc) is 2.42. The zero-order valence-electron chi connectivity index (χ0n) is 11.0. The van der Waals surface area contributed by atoms with Crippen molar-refractivity contribution in [1.82, 2.24) is 4.90 Å². The third-order valence-electron chi connectivity index (χ3n) is 2.67. The number of alkyl halides is 3. The molecule has 1 amide bonds. The highest BCUT2D eigenvalue weighted by atomic mass is 79.9. The second-order valence-corrected chi connectivity index (χ2v) is 4.96. The van der Waals surface area contributed by atoms with Crippen LogP contribution in [0.4, 0.5) is 13.2 Å². The maximum absolute atomic E-state index is 12.8. The first kappa shape index (κ1) is 17.3. The molecule has 0 aliphatic heterocycles. The molecule has 116 valence electrons. The number of hydrogen-bond donors (Lipinski definition) is 2. The van der Waals surface area contributed by atoms with E-state index in [4.69, 9.17) is 10.9 Å². The van der Waals surface area contributed by atoms with E-state index in [1.807, 2.05) is 0 Å². The van der Waals surface area contributed by atoms with Crippen LogP contribution in [0.2, 0.25) is 0 Å². The molecule has 0 unspecified atom stereocenters. The zero-order chi connectivity index (χ0) is 16.2. The SMILES string of the molecule is CCN(C/C(N)=N/O)C(=O)c1ccc(Br)c(C(F)(F)F)c1. The molecule has 0 bridgehead atoms. The van der Waals surface area contributed by atoms with E-state index in [9.17, 15) is 18.0 Å². The molecular weight excluding hydrogens is 355 g/mol. The lowest BCUT2D eigenvalue weighted by Crippen LogP contribution is -2.38. The van der Waals surface area contributed by atoms with Crippen LogP contribution in [0, 0.1) is 0 Å². The summed E-state index contributed by atoms with van der Waals surface area (Å²) in [5.74, 6) is -0.847. The quantitative estimate of drug-likeness (QED) is 0.371. The standard InChI is InChI=1S/C12H13BrF3N3O2/c1-2-19(6-10(17)18-21)11(20)7-3-4-9(13)8(5-7)12(14,15)16/h3-5,21H,2,6H2,1H3,(H2,17,18). The van der Waals surface area contributed by atoms with Crippen molar-refractivity contribution >= 4 is 27.7 Å². The van der Waals surface area contributed by atoms with Gasteiger partial charge in [0.05, 0.1) is 12.1 Å². The van der Waals surface area contributed by atoms with Crippen molar-refractivity contribution in [2.45, 2.75) is 13.1 Å². The predicted octanol–water partition coefficient (Wildman–Crippen LogP) is 2.68. The summed E-state index contributed by atoms with van der Waals surface area (Å²) in [6.07, 6.45) is -4.57. The lowest BCUT2D eigenvalue weighted by atomic mass is 10.1. The van der Waals surface area contributed by atoms with Gasteiger partial charge >= 0.3 is 6.18 Å². The number of carbonyl (C=O) groups excluding carboxylic acids is 1. The highest BCUT2D eigenvalue weighted by molar-refractivity contribution is 9.10. The van der Waals surface area contributed by atoms with Gasteiger partial charge in [-0.25, -0.2) is 0 Å². The van der Waals surface area contributed by atoms with Gasteiger partial charge in [0.15, 0.2) is 5.84 Å². The zero-order valence-corrected chi connectivity index (χ0v) is 12.6. The molecule has 0 spiro atoms. The molecule has 0 aliphatic carbocycles. The van der Waals surface area contributed by atoms with Crippen molar-refractivity contribution in [3.63, 3.8) is 0 Å². The molecule has 3 N–H and O–H groups in total. The fourth-order valence-electron chi connectivity index (χ4n) is 1.61. The van der Waals surface area contributed by atoms with Gasteiger partial charge in [0, 0.05) is 16.6 Å². The van der Waals surface area contributed by atoms with Gasteiger partial charge in [0.1, 0.15) is 0 Å². The summed E-state index contributed by atoms with van der Waals surface area (Å²) in [7, 11) is 0. The second kappa shape index (κ2) is 6.79. The van der Waals surface area contributed by atoms with E-state index >= 15 is 0 Å². The molecule has 0 aromatic heterocycles. The van der Waals surface area contributed by atoms with E-state index in [1.54, 1.807) is 6.92 Å². The Kier molecular flexibility index (Phi) is 5.59. The van der Waals surface area contributed by atoms with Crippen molar-refractivity contribution in [3.8, 4) is 0 Å². The summed E-state index contributed by atoms with van der Waals surface area (Å²) in [5, 5.41) is 11.2. The molecule has 0 aliphatic rings. The van der Waals surface area contributed by atoms with Gasteiger partial charge in [0.25, 0.3) is 5.91 Å².